The number of hydrogen-bond donors (Lipinski definition) is 1. The highest BCUT2D eigenvalue weighted by Crippen LogP contribution is 2.38. The van der Waals surface area contributed by atoms with E-state index in [0.717, 1.165) is 0 Å². The molecule has 0 aromatic heterocycles. The number of nitrogens with zero attached hydrogens (tertiary/aromatic N) is 1. The molecule has 1 heterocycles. The van der Waals surface area contributed by atoms with Gasteiger partial charge in [-0.1, -0.05) is 6.08 Å². The van der Waals surface area contributed by atoms with Crippen LogP contribution in [0.4, 0.5) is 11.4 Å². The Balaban J connectivity index is 1.69. The number of carbonyl (C=O) groups is 2. The summed E-state index contributed by atoms with van der Waals surface area (Å²) in [5.41, 5.74) is 0.540. The molecule has 0 atom stereocenters. The molecule has 0 fully saturated rings. The smallest absolute Gasteiger partial charge is 0.262 e. The topological polar surface area (TPSA) is 77.1 Å². The molecule has 0 saturated carbocycles. The minimum absolute atomic E-state index is 0.0363. The van der Waals surface area contributed by atoms with Gasteiger partial charge in [0.25, 0.3) is 5.91 Å². The lowest BCUT2D eigenvalue weighted by atomic mass is 9.93. The summed E-state index contributed by atoms with van der Waals surface area (Å²) in [5, 5.41) is 2.79. The highest BCUT2D eigenvalue weighted by molar-refractivity contribution is 6.00. The number of ether oxygens (including phenoxy) is 3. The maximum absolute atomic E-state index is 12.8. The molecule has 0 unspecified atom stereocenters. The minimum Gasteiger partial charge on any atom is -0.497 e. The van der Waals surface area contributed by atoms with E-state index < -0.39 is 5.41 Å². The summed E-state index contributed by atoms with van der Waals surface area (Å²) >= 11 is 0. The van der Waals surface area contributed by atoms with Crippen LogP contribution in [0, 0.1) is 5.41 Å². The van der Waals surface area contributed by atoms with E-state index >= 15 is 0 Å². The lowest BCUT2D eigenvalue weighted by Crippen LogP contribution is -2.42. The molecule has 1 aliphatic heterocycles. The maximum atomic E-state index is 12.8. The minimum atomic E-state index is -0.669. The van der Waals surface area contributed by atoms with Crippen molar-refractivity contribution in [2.45, 2.75) is 13.8 Å². The number of anilines is 2. The molecule has 0 spiro atoms. The third kappa shape index (κ3) is 4.74. The summed E-state index contributed by atoms with van der Waals surface area (Å²) < 4.78 is 16.5. The highest BCUT2D eigenvalue weighted by Gasteiger charge is 2.37. The first kappa shape index (κ1) is 21.2. The number of hydrogen-bond acceptors (Lipinski definition) is 5. The van der Waals surface area contributed by atoms with Gasteiger partial charge in [-0.15, -0.1) is 6.58 Å². The molecule has 1 aliphatic rings. The molecule has 30 heavy (non-hydrogen) atoms. The van der Waals surface area contributed by atoms with Crippen LogP contribution in [0.25, 0.3) is 0 Å². The Kier molecular flexibility index (Phi) is 6.30. The molecule has 0 radical (unpaired) electrons. The fraction of sp³-hybridized carbons (Fsp3) is 0.304. The summed E-state index contributed by atoms with van der Waals surface area (Å²) in [6.07, 6.45) is 1.68. The Morgan fingerprint density at radius 1 is 1.23 bits per heavy atom. The van der Waals surface area contributed by atoms with Gasteiger partial charge < -0.3 is 24.4 Å². The van der Waals surface area contributed by atoms with E-state index in [1.54, 1.807) is 60.6 Å². The predicted octanol–water partition coefficient (Wildman–Crippen LogP) is 3.65. The summed E-state index contributed by atoms with van der Waals surface area (Å²) in [6.45, 7) is 7.90. The van der Waals surface area contributed by atoms with E-state index in [4.69, 9.17) is 14.2 Å². The van der Waals surface area contributed by atoms with E-state index in [9.17, 15) is 9.59 Å². The van der Waals surface area contributed by atoms with Gasteiger partial charge in [-0.3, -0.25) is 9.59 Å². The summed E-state index contributed by atoms with van der Waals surface area (Å²) in [7, 11) is 1.58. The van der Waals surface area contributed by atoms with Crippen LogP contribution in [-0.2, 0) is 9.59 Å². The molecule has 7 heteroatoms. The standard InChI is InChI=1S/C23H26N2O5/c1-5-12-25-19-11-6-16(13-20(19)30-15-23(2,3)22(25)27)24-21(26)14-29-18-9-7-17(28-4)8-10-18/h5-11,13H,1,12,14-15H2,2-4H3,(H,24,26). The number of carbonyl (C=O) groups excluding carboxylic acids is 2. The van der Waals surface area contributed by atoms with Gasteiger partial charge in [-0.2, -0.15) is 0 Å². The van der Waals surface area contributed by atoms with Crippen molar-refractivity contribution in [2.24, 2.45) is 5.41 Å². The van der Waals surface area contributed by atoms with Crippen molar-refractivity contribution in [3.63, 3.8) is 0 Å². The van der Waals surface area contributed by atoms with Crippen LogP contribution >= 0.6 is 0 Å². The number of benzene rings is 2. The number of methoxy groups -OCH3 is 1. The third-order valence-corrected chi connectivity index (χ3v) is 4.69. The molecule has 2 aromatic carbocycles. The number of amides is 2. The van der Waals surface area contributed by atoms with Crippen LogP contribution in [0.1, 0.15) is 13.8 Å². The van der Waals surface area contributed by atoms with E-state index in [1.807, 2.05) is 13.8 Å². The molecule has 158 valence electrons. The molecule has 2 aromatic rings. The third-order valence-electron chi connectivity index (χ3n) is 4.69. The second kappa shape index (κ2) is 8.90. The van der Waals surface area contributed by atoms with Gasteiger partial charge in [0.1, 0.15) is 23.9 Å². The van der Waals surface area contributed by atoms with Crippen molar-refractivity contribution in [1.29, 1.82) is 0 Å². The molecule has 0 bridgehead atoms. The first-order valence-electron chi connectivity index (χ1n) is 9.60. The van der Waals surface area contributed by atoms with Crippen molar-refractivity contribution in [3.05, 3.63) is 55.1 Å². The Morgan fingerprint density at radius 2 is 1.93 bits per heavy atom. The monoisotopic (exact) mass is 410 g/mol. The van der Waals surface area contributed by atoms with Gasteiger partial charge in [-0.25, -0.2) is 0 Å². The molecule has 1 N–H and O–H groups in total. The molecule has 2 amide bonds. The second-order valence-corrected chi connectivity index (χ2v) is 7.57. The van der Waals surface area contributed by atoms with Crippen LogP contribution < -0.4 is 24.4 Å². The van der Waals surface area contributed by atoms with Crippen molar-refractivity contribution < 1.29 is 23.8 Å². The van der Waals surface area contributed by atoms with Gasteiger partial charge in [0.05, 0.1) is 18.2 Å². The van der Waals surface area contributed by atoms with Crippen molar-refractivity contribution in [3.8, 4) is 17.2 Å². The zero-order valence-electron chi connectivity index (χ0n) is 17.4. The van der Waals surface area contributed by atoms with Crippen LogP contribution in [-0.4, -0.2) is 38.7 Å². The van der Waals surface area contributed by atoms with Crippen LogP contribution in [0.15, 0.2) is 55.1 Å². The molecule has 0 aliphatic carbocycles. The summed E-state index contributed by atoms with van der Waals surface area (Å²) in [5.74, 6) is 1.47. The average molecular weight is 410 g/mol. The molecular formula is C23H26N2O5. The van der Waals surface area contributed by atoms with Crippen LogP contribution in [0.5, 0.6) is 17.2 Å². The van der Waals surface area contributed by atoms with Gasteiger partial charge in [0, 0.05) is 18.3 Å². The molecular weight excluding hydrogens is 384 g/mol. The van der Waals surface area contributed by atoms with E-state index in [-0.39, 0.29) is 25.0 Å². The lowest BCUT2D eigenvalue weighted by Gasteiger charge is -2.27. The zero-order chi connectivity index (χ0) is 21.7. The van der Waals surface area contributed by atoms with E-state index in [0.29, 0.717) is 35.2 Å². The Bertz CT molecular complexity index is 937. The maximum Gasteiger partial charge on any atom is 0.262 e. The Labute approximate surface area is 176 Å². The van der Waals surface area contributed by atoms with Crippen molar-refractivity contribution >= 4 is 23.2 Å². The molecule has 0 saturated heterocycles. The number of rotatable bonds is 7. The predicted molar refractivity (Wildman–Crippen MR) is 115 cm³/mol. The molecule has 3 rings (SSSR count). The summed E-state index contributed by atoms with van der Waals surface area (Å²) in [6, 6.07) is 12.2. The normalized spacial score (nSPS) is 14.8. The lowest BCUT2D eigenvalue weighted by molar-refractivity contribution is -0.127. The van der Waals surface area contributed by atoms with Gasteiger partial charge in [0.2, 0.25) is 5.91 Å². The quantitative estimate of drug-likeness (QED) is 0.705. The second-order valence-electron chi connectivity index (χ2n) is 7.57. The highest BCUT2D eigenvalue weighted by atomic mass is 16.5. The van der Waals surface area contributed by atoms with Crippen molar-refractivity contribution in [1.82, 2.24) is 0 Å². The largest absolute Gasteiger partial charge is 0.497 e. The SMILES string of the molecule is C=CCN1C(=O)C(C)(C)COc2cc(NC(=O)COc3ccc(OC)cc3)ccc21. The Morgan fingerprint density at radius 3 is 2.60 bits per heavy atom. The fourth-order valence-electron chi connectivity index (χ4n) is 3.05. The fourth-order valence-corrected chi connectivity index (χ4v) is 3.05. The van der Waals surface area contributed by atoms with Gasteiger partial charge in [-0.05, 0) is 50.2 Å². The average Bonchev–Trinajstić information content (AvgIpc) is 2.83. The number of nitrogens with one attached hydrogen (secondary N) is 1. The number of fused-ring (bicyclic) bond motifs is 1. The van der Waals surface area contributed by atoms with E-state index in [1.165, 1.54) is 0 Å². The van der Waals surface area contributed by atoms with Crippen LogP contribution in [0.2, 0.25) is 0 Å². The van der Waals surface area contributed by atoms with Gasteiger partial charge in [0.15, 0.2) is 6.61 Å². The van der Waals surface area contributed by atoms with Gasteiger partial charge >= 0.3 is 0 Å². The van der Waals surface area contributed by atoms with Crippen molar-refractivity contribution in [2.75, 3.05) is 37.1 Å². The Hall–Kier alpha value is -3.48. The first-order valence-corrected chi connectivity index (χ1v) is 9.60. The zero-order valence-corrected chi connectivity index (χ0v) is 17.4. The molecule has 7 nitrogen and oxygen atoms in total. The first-order chi connectivity index (χ1) is 14.3. The van der Waals surface area contributed by atoms with E-state index in [2.05, 4.69) is 11.9 Å². The van der Waals surface area contributed by atoms with Crippen LogP contribution in [0.3, 0.4) is 0 Å². The summed E-state index contributed by atoms with van der Waals surface area (Å²) in [4.78, 5) is 26.8.